The van der Waals surface area contributed by atoms with E-state index in [1.165, 1.54) is 6.92 Å². The quantitative estimate of drug-likeness (QED) is 0.879. The number of carbonyl (C=O) groups excluding carboxylic acids is 1. The van der Waals surface area contributed by atoms with Gasteiger partial charge < -0.3 is 15.0 Å². The third-order valence-corrected chi connectivity index (χ3v) is 3.78. The number of carboxylic acid groups (broad SMARTS) is 1. The summed E-state index contributed by atoms with van der Waals surface area (Å²) in [5.74, 6) is -1.30. The number of aryl methyl sites for hydroxylation is 1. The van der Waals surface area contributed by atoms with Crippen LogP contribution in [0.2, 0.25) is 0 Å². The molecule has 0 radical (unpaired) electrons. The number of halogens is 1. The van der Waals surface area contributed by atoms with E-state index in [0.717, 1.165) is 15.4 Å². The van der Waals surface area contributed by atoms with Crippen LogP contribution in [0.25, 0.3) is 10.9 Å². The lowest BCUT2D eigenvalue weighted by molar-refractivity contribution is -0.141. The highest BCUT2D eigenvalue weighted by atomic mass is 79.9. The maximum Gasteiger partial charge on any atom is 0.325 e. The molecule has 0 saturated carbocycles. The molecule has 5 nitrogen and oxygen atoms in total. The maximum atomic E-state index is 11.7. The zero-order chi connectivity index (χ0) is 14.7. The highest BCUT2D eigenvalue weighted by Gasteiger charge is 2.14. The number of fused-ring (bicyclic) bond motifs is 1. The van der Waals surface area contributed by atoms with Gasteiger partial charge in [-0.05, 0) is 25.1 Å². The van der Waals surface area contributed by atoms with E-state index in [0.29, 0.717) is 6.54 Å². The minimum atomic E-state index is -1.03. The monoisotopic (exact) mass is 338 g/mol. The van der Waals surface area contributed by atoms with Gasteiger partial charge in [0.05, 0.1) is 0 Å². The van der Waals surface area contributed by atoms with Crippen molar-refractivity contribution in [1.29, 1.82) is 0 Å². The smallest absolute Gasteiger partial charge is 0.325 e. The molecule has 0 aliphatic carbocycles. The first kappa shape index (κ1) is 14.6. The Hall–Kier alpha value is -1.82. The average Bonchev–Trinajstić information content (AvgIpc) is 2.81. The van der Waals surface area contributed by atoms with Gasteiger partial charge in [-0.3, -0.25) is 9.59 Å². The van der Waals surface area contributed by atoms with Crippen LogP contribution in [-0.2, 0) is 16.1 Å². The maximum absolute atomic E-state index is 11.7. The van der Waals surface area contributed by atoms with E-state index in [4.69, 9.17) is 5.11 Å². The average molecular weight is 339 g/mol. The van der Waals surface area contributed by atoms with E-state index in [9.17, 15) is 9.59 Å². The van der Waals surface area contributed by atoms with Gasteiger partial charge in [0, 0.05) is 34.5 Å². The number of carboxylic acids is 1. The second kappa shape index (κ2) is 6.09. The van der Waals surface area contributed by atoms with Crippen LogP contribution in [0.5, 0.6) is 0 Å². The first-order valence-corrected chi connectivity index (χ1v) is 7.04. The van der Waals surface area contributed by atoms with Crippen LogP contribution < -0.4 is 5.32 Å². The summed E-state index contributed by atoms with van der Waals surface area (Å²) in [5, 5.41) is 12.3. The molecule has 0 bridgehead atoms. The number of aromatic nitrogens is 1. The third kappa shape index (κ3) is 3.19. The molecule has 2 N–H and O–H groups in total. The molecule has 106 valence electrons. The molecule has 1 aromatic heterocycles. The van der Waals surface area contributed by atoms with Crippen molar-refractivity contribution in [3.63, 3.8) is 0 Å². The Bertz CT molecular complexity index is 651. The standard InChI is InChI=1S/C14H15BrN2O3/c1-9(14(19)20)16-13(18)6-8-17-7-5-10-11(15)3-2-4-12(10)17/h2-5,7,9H,6,8H2,1H3,(H,16,18)(H,19,20)/t9-/m0/s1. The summed E-state index contributed by atoms with van der Waals surface area (Å²) in [6.07, 6.45) is 2.16. The van der Waals surface area contributed by atoms with Gasteiger partial charge in [0.25, 0.3) is 0 Å². The Morgan fingerprint density at radius 2 is 2.15 bits per heavy atom. The summed E-state index contributed by atoms with van der Waals surface area (Å²) in [5.41, 5.74) is 1.04. The fourth-order valence-corrected chi connectivity index (χ4v) is 2.47. The Morgan fingerprint density at radius 3 is 2.85 bits per heavy atom. The number of hydrogen-bond donors (Lipinski definition) is 2. The van der Waals surface area contributed by atoms with E-state index in [1.54, 1.807) is 0 Å². The zero-order valence-electron chi connectivity index (χ0n) is 11.0. The number of nitrogens with zero attached hydrogens (tertiary/aromatic N) is 1. The van der Waals surface area contributed by atoms with E-state index in [1.807, 2.05) is 35.0 Å². The van der Waals surface area contributed by atoms with Crippen molar-refractivity contribution in [3.8, 4) is 0 Å². The van der Waals surface area contributed by atoms with E-state index in [2.05, 4.69) is 21.2 Å². The van der Waals surface area contributed by atoms with Gasteiger partial charge in [-0.15, -0.1) is 0 Å². The second-order valence-electron chi connectivity index (χ2n) is 4.56. The zero-order valence-corrected chi connectivity index (χ0v) is 12.6. The Labute approximate surface area is 124 Å². The summed E-state index contributed by atoms with van der Waals surface area (Å²) >= 11 is 3.48. The Kier molecular flexibility index (Phi) is 4.44. The number of aliphatic carboxylic acids is 1. The SMILES string of the molecule is C[C@H](NC(=O)CCn1ccc2c(Br)cccc21)C(=O)O. The Balaban J connectivity index is 2.01. The number of carbonyl (C=O) groups is 2. The van der Waals surface area contributed by atoms with Crippen LogP contribution in [0.1, 0.15) is 13.3 Å². The van der Waals surface area contributed by atoms with Crippen molar-refractivity contribution in [2.45, 2.75) is 25.9 Å². The molecular weight excluding hydrogens is 324 g/mol. The van der Waals surface area contributed by atoms with Crippen molar-refractivity contribution in [2.24, 2.45) is 0 Å². The van der Waals surface area contributed by atoms with Gasteiger partial charge in [-0.1, -0.05) is 22.0 Å². The van der Waals surface area contributed by atoms with Crippen molar-refractivity contribution in [2.75, 3.05) is 0 Å². The third-order valence-electron chi connectivity index (χ3n) is 3.09. The fourth-order valence-electron chi connectivity index (χ4n) is 1.98. The van der Waals surface area contributed by atoms with Crippen molar-refractivity contribution in [3.05, 3.63) is 34.9 Å². The number of nitrogens with one attached hydrogen (secondary N) is 1. The molecule has 0 aliphatic heterocycles. The first-order valence-electron chi connectivity index (χ1n) is 6.24. The topological polar surface area (TPSA) is 71.3 Å². The molecule has 0 aliphatic rings. The van der Waals surface area contributed by atoms with Crippen LogP contribution in [0, 0.1) is 0 Å². The number of amides is 1. The highest BCUT2D eigenvalue weighted by molar-refractivity contribution is 9.10. The van der Waals surface area contributed by atoms with Gasteiger partial charge in [-0.2, -0.15) is 0 Å². The number of rotatable bonds is 5. The van der Waals surface area contributed by atoms with Crippen molar-refractivity contribution in [1.82, 2.24) is 9.88 Å². The largest absolute Gasteiger partial charge is 0.480 e. The van der Waals surface area contributed by atoms with Crippen LogP contribution in [-0.4, -0.2) is 27.6 Å². The van der Waals surface area contributed by atoms with Crippen LogP contribution >= 0.6 is 15.9 Å². The molecular formula is C14H15BrN2O3. The van der Waals surface area contributed by atoms with Gasteiger partial charge >= 0.3 is 5.97 Å². The summed E-state index contributed by atoms with van der Waals surface area (Å²) < 4.78 is 2.99. The Morgan fingerprint density at radius 1 is 1.40 bits per heavy atom. The molecule has 1 heterocycles. The molecule has 0 saturated heterocycles. The summed E-state index contributed by atoms with van der Waals surface area (Å²) in [4.78, 5) is 22.3. The van der Waals surface area contributed by atoms with Gasteiger partial charge in [0.15, 0.2) is 0 Å². The molecule has 1 atom stereocenters. The molecule has 0 fully saturated rings. The normalized spacial score (nSPS) is 12.3. The highest BCUT2D eigenvalue weighted by Crippen LogP contribution is 2.24. The minimum absolute atomic E-state index is 0.244. The van der Waals surface area contributed by atoms with Gasteiger partial charge in [-0.25, -0.2) is 0 Å². The molecule has 1 amide bonds. The first-order chi connectivity index (χ1) is 9.49. The minimum Gasteiger partial charge on any atom is -0.480 e. The molecule has 2 aromatic rings. The van der Waals surface area contributed by atoms with Crippen LogP contribution in [0.15, 0.2) is 34.9 Å². The molecule has 6 heteroatoms. The summed E-state index contributed by atoms with van der Waals surface area (Å²) in [7, 11) is 0. The van der Waals surface area contributed by atoms with E-state index >= 15 is 0 Å². The van der Waals surface area contributed by atoms with Crippen molar-refractivity contribution >= 4 is 38.7 Å². The predicted molar refractivity (Wildman–Crippen MR) is 79.5 cm³/mol. The van der Waals surface area contributed by atoms with E-state index < -0.39 is 12.0 Å². The molecule has 0 unspecified atom stereocenters. The van der Waals surface area contributed by atoms with Gasteiger partial charge in [0.2, 0.25) is 5.91 Å². The van der Waals surface area contributed by atoms with Gasteiger partial charge in [0.1, 0.15) is 6.04 Å². The predicted octanol–water partition coefficient (Wildman–Crippen LogP) is 2.38. The van der Waals surface area contributed by atoms with E-state index in [-0.39, 0.29) is 12.3 Å². The molecule has 0 spiro atoms. The van der Waals surface area contributed by atoms with Crippen LogP contribution in [0.4, 0.5) is 0 Å². The molecule has 20 heavy (non-hydrogen) atoms. The number of benzene rings is 1. The fraction of sp³-hybridized carbons (Fsp3) is 0.286. The molecule has 2 rings (SSSR count). The van der Waals surface area contributed by atoms with Crippen LogP contribution in [0.3, 0.4) is 0 Å². The number of hydrogen-bond acceptors (Lipinski definition) is 2. The summed E-state index contributed by atoms with van der Waals surface area (Å²) in [6, 6.07) is 7.01. The lowest BCUT2D eigenvalue weighted by Crippen LogP contribution is -2.38. The lowest BCUT2D eigenvalue weighted by atomic mass is 10.2. The second-order valence-corrected chi connectivity index (χ2v) is 5.41. The molecule has 1 aromatic carbocycles. The van der Waals surface area contributed by atoms with Crippen molar-refractivity contribution < 1.29 is 14.7 Å². The lowest BCUT2D eigenvalue weighted by Gasteiger charge is -2.10. The summed E-state index contributed by atoms with van der Waals surface area (Å²) in [6.45, 7) is 1.96.